The van der Waals surface area contributed by atoms with Crippen LogP contribution in [0.1, 0.15) is 63.7 Å². The molecule has 1 aromatic carbocycles. The highest BCUT2D eigenvalue weighted by atomic mass is 16.5. The summed E-state index contributed by atoms with van der Waals surface area (Å²) in [4.78, 5) is 15.0. The number of nitrogens with zero attached hydrogens (tertiary/aromatic N) is 1. The Kier molecular flexibility index (Phi) is 8.18. The Morgan fingerprint density at radius 1 is 1.09 bits per heavy atom. The van der Waals surface area contributed by atoms with Crippen molar-refractivity contribution in [1.29, 1.82) is 0 Å². The van der Waals surface area contributed by atoms with Crippen molar-refractivity contribution < 1.29 is 9.53 Å². The number of amides is 1. The molecule has 0 fully saturated rings. The number of carbonyl (C=O) groups excluding carboxylic acids is 1. The Balaban J connectivity index is 2.87. The molecule has 0 aliphatic carbocycles. The smallest absolute Gasteiger partial charge is 0.254 e. The Morgan fingerprint density at radius 3 is 2.32 bits per heavy atom. The Hall–Kier alpha value is -1.35. The van der Waals surface area contributed by atoms with Crippen LogP contribution in [-0.4, -0.2) is 36.1 Å². The van der Waals surface area contributed by atoms with Crippen molar-refractivity contribution in [2.45, 2.75) is 58.9 Å². The van der Waals surface area contributed by atoms with Gasteiger partial charge in [-0.2, -0.15) is 0 Å². The molecule has 0 radical (unpaired) electrons. The third-order valence-corrected chi connectivity index (χ3v) is 4.26. The summed E-state index contributed by atoms with van der Waals surface area (Å²) < 4.78 is 5.66. The summed E-state index contributed by atoms with van der Waals surface area (Å²) in [5.41, 5.74) is 0.613. The zero-order valence-electron chi connectivity index (χ0n) is 14.6. The van der Waals surface area contributed by atoms with Gasteiger partial charge in [0.2, 0.25) is 0 Å². The van der Waals surface area contributed by atoms with Gasteiger partial charge in [0.15, 0.2) is 0 Å². The number of rotatable bonds is 10. The molecule has 0 aromatic heterocycles. The Labute approximate surface area is 135 Å². The van der Waals surface area contributed by atoms with Crippen LogP contribution in [-0.2, 0) is 4.74 Å². The monoisotopic (exact) mass is 305 g/mol. The molecule has 0 saturated heterocycles. The Bertz CT molecular complexity index is 432. The van der Waals surface area contributed by atoms with Gasteiger partial charge in [0.1, 0.15) is 0 Å². The second kappa shape index (κ2) is 9.62. The molecule has 1 unspecified atom stereocenters. The fourth-order valence-electron chi connectivity index (χ4n) is 2.62. The molecule has 0 spiro atoms. The topological polar surface area (TPSA) is 29.5 Å². The number of ether oxygens (including phenoxy) is 1. The van der Waals surface area contributed by atoms with Gasteiger partial charge in [-0.25, -0.2) is 0 Å². The summed E-state index contributed by atoms with van der Waals surface area (Å²) in [6, 6.07) is 9.58. The molecule has 1 amide bonds. The van der Waals surface area contributed by atoms with Crippen LogP contribution in [0.25, 0.3) is 0 Å². The van der Waals surface area contributed by atoms with E-state index in [0.717, 1.165) is 44.4 Å². The molecular formula is C19H31NO2. The van der Waals surface area contributed by atoms with Crippen LogP contribution in [0.3, 0.4) is 0 Å². The summed E-state index contributed by atoms with van der Waals surface area (Å²) in [6.45, 7) is 10.8. The SMILES string of the molecule is CCCOCCC(C)(CC)N(CCC)C(=O)c1ccccc1. The van der Waals surface area contributed by atoms with Crippen LogP contribution in [0.4, 0.5) is 0 Å². The van der Waals surface area contributed by atoms with Crippen LogP contribution in [0.15, 0.2) is 30.3 Å². The molecule has 124 valence electrons. The normalized spacial score (nSPS) is 13.6. The third kappa shape index (κ3) is 5.13. The molecule has 1 rings (SSSR count). The van der Waals surface area contributed by atoms with Gasteiger partial charge in [-0.1, -0.05) is 39.0 Å². The maximum absolute atomic E-state index is 12.9. The van der Waals surface area contributed by atoms with Gasteiger partial charge in [-0.05, 0) is 44.7 Å². The van der Waals surface area contributed by atoms with E-state index in [1.165, 1.54) is 0 Å². The second-order valence-electron chi connectivity index (χ2n) is 6.04. The lowest BCUT2D eigenvalue weighted by molar-refractivity contribution is 0.0332. The highest BCUT2D eigenvalue weighted by Crippen LogP contribution is 2.26. The van der Waals surface area contributed by atoms with Crippen LogP contribution in [0, 0.1) is 0 Å². The summed E-state index contributed by atoms with van der Waals surface area (Å²) in [5, 5.41) is 0. The lowest BCUT2D eigenvalue weighted by Crippen LogP contribution is -2.50. The first-order chi connectivity index (χ1) is 10.6. The molecule has 3 nitrogen and oxygen atoms in total. The molecule has 0 N–H and O–H groups in total. The van der Waals surface area contributed by atoms with Gasteiger partial charge in [-0.15, -0.1) is 0 Å². The zero-order valence-corrected chi connectivity index (χ0v) is 14.6. The van der Waals surface area contributed by atoms with E-state index in [0.29, 0.717) is 6.61 Å². The highest BCUT2D eigenvalue weighted by Gasteiger charge is 2.33. The first-order valence-electron chi connectivity index (χ1n) is 8.53. The molecule has 0 aliphatic rings. The number of hydrogen-bond acceptors (Lipinski definition) is 2. The third-order valence-electron chi connectivity index (χ3n) is 4.26. The maximum Gasteiger partial charge on any atom is 0.254 e. The van der Waals surface area contributed by atoms with Gasteiger partial charge >= 0.3 is 0 Å². The van der Waals surface area contributed by atoms with E-state index in [1.54, 1.807) is 0 Å². The summed E-state index contributed by atoms with van der Waals surface area (Å²) in [7, 11) is 0. The van der Waals surface area contributed by atoms with Crippen molar-refractivity contribution in [3.05, 3.63) is 35.9 Å². The van der Waals surface area contributed by atoms with Gasteiger partial charge in [0, 0.05) is 30.9 Å². The van der Waals surface area contributed by atoms with E-state index in [9.17, 15) is 4.79 Å². The van der Waals surface area contributed by atoms with Crippen molar-refractivity contribution in [2.75, 3.05) is 19.8 Å². The van der Waals surface area contributed by atoms with Crippen molar-refractivity contribution in [3.8, 4) is 0 Å². The molecule has 1 atom stereocenters. The number of carbonyl (C=O) groups is 1. The van der Waals surface area contributed by atoms with Gasteiger partial charge < -0.3 is 9.64 Å². The van der Waals surface area contributed by atoms with Crippen molar-refractivity contribution in [1.82, 2.24) is 4.90 Å². The molecular weight excluding hydrogens is 274 g/mol. The van der Waals surface area contributed by atoms with E-state index in [2.05, 4.69) is 27.7 Å². The van der Waals surface area contributed by atoms with E-state index in [1.807, 2.05) is 35.2 Å². The first kappa shape index (κ1) is 18.7. The quantitative estimate of drug-likeness (QED) is 0.595. The predicted molar refractivity (Wildman–Crippen MR) is 92.2 cm³/mol. The van der Waals surface area contributed by atoms with Crippen LogP contribution < -0.4 is 0 Å². The van der Waals surface area contributed by atoms with Crippen molar-refractivity contribution in [2.24, 2.45) is 0 Å². The predicted octanol–water partition coefficient (Wildman–Crippen LogP) is 4.52. The zero-order chi connectivity index (χ0) is 16.4. The summed E-state index contributed by atoms with van der Waals surface area (Å²) in [5.74, 6) is 0.127. The lowest BCUT2D eigenvalue weighted by Gasteiger charge is -2.41. The minimum Gasteiger partial charge on any atom is -0.381 e. The second-order valence-corrected chi connectivity index (χ2v) is 6.04. The minimum atomic E-state index is -0.156. The van der Waals surface area contributed by atoms with E-state index < -0.39 is 0 Å². The first-order valence-corrected chi connectivity index (χ1v) is 8.53. The van der Waals surface area contributed by atoms with Crippen LogP contribution >= 0.6 is 0 Å². The van der Waals surface area contributed by atoms with Gasteiger partial charge in [0.05, 0.1) is 0 Å². The van der Waals surface area contributed by atoms with E-state index in [4.69, 9.17) is 4.74 Å². The average molecular weight is 305 g/mol. The molecule has 3 heteroatoms. The maximum atomic E-state index is 12.9. The Morgan fingerprint density at radius 2 is 1.77 bits per heavy atom. The average Bonchev–Trinajstić information content (AvgIpc) is 2.56. The standard InChI is InChI=1S/C19H31NO2/c1-5-14-20(18(21)17-11-9-8-10-12-17)19(4,7-3)13-16-22-15-6-2/h8-12H,5-7,13-16H2,1-4H3. The van der Waals surface area contributed by atoms with E-state index in [-0.39, 0.29) is 11.4 Å². The highest BCUT2D eigenvalue weighted by molar-refractivity contribution is 5.94. The molecule has 0 heterocycles. The number of hydrogen-bond donors (Lipinski definition) is 0. The molecule has 0 saturated carbocycles. The van der Waals surface area contributed by atoms with Crippen LogP contribution in [0.2, 0.25) is 0 Å². The van der Waals surface area contributed by atoms with Gasteiger partial charge in [-0.3, -0.25) is 4.79 Å². The largest absolute Gasteiger partial charge is 0.381 e. The van der Waals surface area contributed by atoms with E-state index >= 15 is 0 Å². The molecule has 0 aliphatic heterocycles. The number of benzene rings is 1. The summed E-state index contributed by atoms with van der Waals surface area (Å²) >= 11 is 0. The van der Waals surface area contributed by atoms with Gasteiger partial charge in [0.25, 0.3) is 5.91 Å². The van der Waals surface area contributed by atoms with Crippen molar-refractivity contribution in [3.63, 3.8) is 0 Å². The van der Waals surface area contributed by atoms with Crippen molar-refractivity contribution >= 4 is 5.91 Å². The molecule has 0 bridgehead atoms. The minimum absolute atomic E-state index is 0.127. The summed E-state index contributed by atoms with van der Waals surface area (Å²) in [6.07, 6.45) is 3.80. The molecule has 22 heavy (non-hydrogen) atoms. The molecule has 1 aromatic rings. The van der Waals surface area contributed by atoms with Crippen LogP contribution in [0.5, 0.6) is 0 Å². The fourth-order valence-corrected chi connectivity index (χ4v) is 2.62. The fraction of sp³-hybridized carbons (Fsp3) is 0.632. The lowest BCUT2D eigenvalue weighted by atomic mass is 9.91.